The van der Waals surface area contributed by atoms with Crippen molar-refractivity contribution >= 4 is 10.9 Å². The van der Waals surface area contributed by atoms with Crippen LogP contribution in [0.4, 0.5) is 13.2 Å². The third kappa shape index (κ3) is 3.38. The van der Waals surface area contributed by atoms with Crippen molar-refractivity contribution in [3.05, 3.63) is 52.8 Å². The van der Waals surface area contributed by atoms with Crippen LogP contribution < -0.4 is 10.3 Å². The summed E-state index contributed by atoms with van der Waals surface area (Å²) in [5.41, 5.74) is 1.99. The lowest BCUT2D eigenvalue weighted by Crippen LogP contribution is -2.17. The topological polar surface area (TPSA) is 98.0 Å². The normalized spacial score (nSPS) is 11.9. The van der Waals surface area contributed by atoms with Gasteiger partial charge in [0.05, 0.1) is 35.6 Å². The fraction of sp³-hybridized carbons (Fsp3) is 0.211. The first kappa shape index (κ1) is 19.6. The predicted octanol–water partition coefficient (Wildman–Crippen LogP) is 3.16. The molecule has 156 valence electrons. The SMILES string of the molecule is COc1cc(-c2ccc3c(O)n(-c4cnn(CC(F)(F)F)c4)c(C)c3n2)c[nH]c1=O. The Bertz CT molecular complexity index is 1300. The quantitative estimate of drug-likeness (QED) is 0.530. The smallest absolute Gasteiger partial charge is 0.408 e. The third-order valence-corrected chi connectivity index (χ3v) is 4.63. The monoisotopic (exact) mass is 419 g/mol. The number of aromatic hydroxyl groups is 1. The Morgan fingerprint density at radius 3 is 2.77 bits per heavy atom. The molecule has 0 radical (unpaired) electrons. The average molecular weight is 419 g/mol. The molecule has 0 saturated carbocycles. The molecule has 4 rings (SSSR count). The van der Waals surface area contributed by atoms with Crippen molar-refractivity contribution < 1.29 is 23.0 Å². The Hall–Kier alpha value is -3.76. The second kappa shape index (κ2) is 6.94. The van der Waals surface area contributed by atoms with Crippen LogP contribution in [0.25, 0.3) is 27.8 Å². The number of pyridine rings is 2. The molecule has 0 fully saturated rings. The van der Waals surface area contributed by atoms with Crippen molar-refractivity contribution in [1.82, 2.24) is 24.3 Å². The van der Waals surface area contributed by atoms with Crippen LogP contribution in [0.15, 0.2) is 41.6 Å². The van der Waals surface area contributed by atoms with E-state index in [-0.39, 0.29) is 22.9 Å². The fourth-order valence-electron chi connectivity index (χ4n) is 3.28. The van der Waals surface area contributed by atoms with Gasteiger partial charge in [0.15, 0.2) is 5.75 Å². The van der Waals surface area contributed by atoms with Gasteiger partial charge in [-0.1, -0.05) is 0 Å². The molecule has 0 bridgehead atoms. The first-order valence-corrected chi connectivity index (χ1v) is 8.75. The number of halogens is 3. The number of hydrogen-bond donors (Lipinski definition) is 2. The number of alkyl halides is 3. The van der Waals surface area contributed by atoms with E-state index in [1.54, 1.807) is 25.1 Å². The number of methoxy groups -OCH3 is 1. The van der Waals surface area contributed by atoms with Gasteiger partial charge in [-0.05, 0) is 25.1 Å². The molecule has 8 nitrogen and oxygen atoms in total. The van der Waals surface area contributed by atoms with Gasteiger partial charge in [-0.25, -0.2) is 4.98 Å². The Kier molecular flexibility index (Phi) is 4.52. The minimum atomic E-state index is -4.41. The second-order valence-corrected chi connectivity index (χ2v) is 6.63. The summed E-state index contributed by atoms with van der Waals surface area (Å²) in [5.74, 6) is -0.0317. The van der Waals surface area contributed by atoms with E-state index in [2.05, 4.69) is 15.1 Å². The molecule has 30 heavy (non-hydrogen) atoms. The van der Waals surface area contributed by atoms with Crippen molar-refractivity contribution in [3.8, 4) is 28.6 Å². The molecule has 0 aliphatic carbocycles. The number of fused-ring (bicyclic) bond motifs is 1. The number of nitrogens with one attached hydrogen (secondary N) is 1. The van der Waals surface area contributed by atoms with Crippen LogP contribution in [0.1, 0.15) is 5.69 Å². The highest BCUT2D eigenvalue weighted by atomic mass is 19.4. The molecule has 0 unspecified atom stereocenters. The number of aryl methyl sites for hydroxylation is 1. The van der Waals surface area contributed by atoms with E-state index < -0.39 is 12.7 Å². The van der Waals surface area contributed by atoms with Crippen molar-refractivity contribution in [2.45, 2.75) is 19.6 Å². The van der Waals surface area contributed by atoms with Crippen molar-refractivity contribution in [3.63, 3.8) is 0 Å². The maximum absolute atomic E-state index is 12.6. The Morgan fingerprint density at radius 1 is 1.30 bits per heavy atom. The molecule has 2 N–H and O–H groups in total. The zero-order chi connectivity index (χ0) is 21.6. The summed E-state index contributed by atoms with van der Waals surface area (Å²) in [7, 11) is 1.38. The number of rotatable bonds is 4. The molecule has 4 heterocycles. The molecule has 4 aromatic rings. The van der Waals surface area contributed by atoms with Gasteiger partial charge in [-0.15, -0.1) is 0 Å². The van der Waals surface area contributed by atoms with Gasteiger partial charge in [0.2, 0.25) is 5.88 Å². The Balaban J connectivity index is 1.80. The highest BCUT2D eigenvalue weighted by Gasteiger charge is 2.28. The van der Waals surface area contributed by atoms with E-state index in [0.29, 0.717) is 27.9 Å². The number of nitrogens with zero attached hydrogens (tertiary/aromatic N) is 4. The first-order valence-electron chi connectivity index (χ1n) is 8.75. The Morgan fingerprint density at radius 2 is 2.07 bits per heavy atom. The summed E-state index contributed by atoms with van der Waals surface area (Å²) < 4.78 is 45.0. The van der Waals surface area contributed by atoms with E-state index in [0.717, 1.165) is 4.68 Å². The summed E-state index contributed by atoms with van der Waals surface area (Å²) in [6.45, 7) is 0.456. The molecule has 0 aliphatic heterocycles. The summed E-state index contributed by atoms with van der Waals surface area (Å²) >= 11 is 0. The van der Waals surface area contributed by atoms with Crippen LogP contribution in [0.3, 0.4) is 0 Å². The lowest BCUT2D eigenvalue weighted by atomic mass is 10.1. The number of ether oxygens (including phenoxy) is 1. The van der Waals surface area contributed by atoms with Gasteiger partial charge in [-0.3, -0.25) is 14.0 Å². The molecule has 0 aliphatic rings. The van der Waals surface area contributed by atoms with Crippen LogP contribution in [0.5, 0.6) is 11.6 Å². The summed E-state index contributed by atoms with van der Waals surface area (Å²) in [4.78, 5) is 18.8. The van der Waals surface area contributed by atoms with Gasteiger partial charge in [-0.2, -0.15) is 18.3 Å². The fourth-order valence-corrected chi connectivity index (χ4v) is 3.28. The largest absolute Gasteiger partial charge is 0.494 e. The molecule has 0 spiro atoms. The van der Waals surface area contributed by atoms with Crippen molar-refractivity contribution in [2.75, 3.05) is 7.11 Å². The highest BCUT2D eigenvalue weighted by Crippen LogP contribution is 2.34. The van der Waals surface area contributed by atoms with Crippen LogP contribution in [-0.4, -0.2) is 42.7 Å². The molecule has 0 atom stereocenters. The van der Waals surface area contributed by atoms with E-state index >= 15 is 0 Å². The number of hydrogen-bond acceptors (Lipinski definition) is 5. The van der Waals surface area contributed by atoms with Gasteiger partial charge < -0.3 is 14.8 Å². The molecular formula is C19H16F3N5O3. The third-order valence-electron chi connectivity index (χ3n) is 4.63. The lowest BCUT2D eigenvalue weighted by molar-refractivity contribution is -0.142. The maximum atomic E-state index is 12.6. The molecule has 11 heteroatoms. The highest BCUT2D eigenvalue weighted by molar-refractivity contribution is 5.90. The van der Waals surface area contributed by atoms with Gasteiger partial charge in [0.25, 0.3) is 5.56 Å². The van der Waals surface area contributed by atoms with E-state index in [1.165, 1.54) is 30.3 Å². The number of H-pyrrole nitrogens is 1. The second-order valence-electron chi connectivity index (χ2n) is 6.63. The first-order chi connectivity index (χ1) is 14.2. The minimum Gasteiger partial charge on any atom is -0.494 e. The summed E-state index contributed by atoms with van der Waals surface area (Å²) in [5, 5.41) is 14.8. The zero-order valence-electron chi connectivity index (χ0n) is 15.9. The molecule has 0 aromatic carbocycles. The molecule has 4 aromatic heterocycles. The van der Waals surface area contributed by atoms with Gasteiger partial charge >= 0.3 is 6.18 Å². The van der Waals surface area contributed by atoms with E-state index in [9.17, 15) is 23.1 Å². The van der Waals surface area contributed by atoms with Crippen LogP contribution in [0.2, 0.25) is 0 Å². The molecular weight excluding hydrogens is 403 g/mol. The minimum absolute atomic E-state index is 0.128. The number of aromatic amines is 1. The summed E-state index contributed by atoms with van der Waals surface area (Å²) in [6.07, 6.45) is -0.472. The zero-order valence-corrected chi connectivity index (χ0v) is 15.9. The molecule has 0 amide bonds. The summed E-state index contributed by atoms with van der Waals surface area (Å²) in [6, 6.07) is 4.85. The number of aromatic nitrogens is 5. The van der Waals surface area contributed by atoms with Crippen LogP contribution in [0, 0.1) is 6.92 Å². The van der Waals surface area contributed by atoms with Crippen molar-refractivity contribution in [1.29, 1.82) is 0 Å². The standard InChI is InChI=1S/C19H16F3N5O3/c1-10-16-13(3-4-14(25-16)11-5-15(30-2)17(28)23-6-11)18(29)27(10)12-7-24-26(8-12)9-19(20,21)22/h3-8,29H,9H2,1-2H3,(H,23,28). The molecule has 0 saturated heterocycles. The van der Waals surface area contributed by atoms with Gasteiger partial charge in [0.1, 0.15) is 6.54 Å². The van der Waals surface area contributed by atoms with Crippen LogP contribution in [-0.2, 0) is 6.54 Å². The van der Waals surface area contributed by atoms with Crippen LogP contribution >= 0.6 is 0 Å². The predicted molar refractivity (Wildman–Crippen MR) is 102 cm³/mol. The van der Waals surface area contributed by atoms with E-state index in [1.807, 2.05) is 0 Å². The maximum Gasteiger partial charge on any atom is 0.408 e. The van der Waals surface area contributed by atoms with E-state index in [4.69, 9.17) is 4.74 Å². The van der Waals surface area contributed by atoms with Crippen molar-refractivity contribution in [2.24, 2.45) is 0 Å². The Labute approximate surface area is 167 Å². The lowest BCUT2D eigenvalue weighted by Gasteiger charge is -2.06. The average Bonchev–Trinajstić information content (AvgIpc) is 3.23. The van der Waals surface area contributed by atoms with Gasteiger partial charge in [0, 0.05) is 23.7 Å².